The highest BCUT2D eigenvalue weighted by Gasteiger charge is 2.32. The average Bonchev–Trinajstić information content (AvgIpc) is 2.98. The molecular formula is C13H18Cl2N2O3S. The Balaban J connectivity index is 0.00000220. The van der Waals surface area contributed by atoms with E-state index in [9.17, 15) is 9.59 Å². The van der Waals surface area contributed by atoms with Crippen molar-refractivity contribution in [1.82, 2.24) is 9.80 Å². The molecule has 1 unspecified atom stereocenters. The highest BCUT2D eigenvalue weighted by Crippen LogP contribution is 2.23. The van der Waals surface area contributed by atoms with Crippen LogP contribution in [0, 0.1) is 0 Å². The average molecular weight is 353 g/mol. The van der Waals surface area contributed by atoms with E-state index in [0.717, 1.165) is 11.3 Å². The molecule has 0 radical (unpaired) electrons. The van der Waals surface area contributed by atoms with Gasteiger partial charge in [0.2, 0.25) is 5.91 Å². The maximum atomic E-state index is 12.1. The Bertz CT molecular complexity index is 509. The number of carboxylic acids is 1. The van der Waals surface area contributed by atoms with Gasteiger partial charge in [-0.1, -0.05) is 11.6 Å². The number of thiophene rings is 1. The lowest BCUT2D eigenvalue weighted by Gasteiger charge is -2.24. The van der Waals surface area contributed by atoms with Crippen molar-refractivity contribution in [2.24, 2.45) is 0 Å². The summed E-state index contributed by atoms with van der Waals surface area (Å²) in [5.41, 5.74) is 0. The van der Waals surface area contributed by atoms with E-state index >= 15 is 0 Å². The lowest BCUT2D eigenvalue weighted by Crippen LogP contribution is -2.43. The van der Waals surface area contributed by atoms with Gasteiger partial charge in [0.05, 0.1) is 17.4 Å². The van der Waals surface area contributed by atoms with Gasteiger partial charge in [0.25, 0.3) is 0 Å². The third-order valence-corrected chi connectivity index (χ3v) is 4.65. The van der Waals surface area contributed by atoms with Crippen LogP contribution in [-0.4, -0.2) is 53.0 Å². The first-order chi connectivity index (χ1) is 9.47. The summed E-state index contributed by atoms with van der Waals surface area (Å²) in [5.74, 6) is -0.911. The topological polar surface area (TPSA) is 60.9 Å². The van der Waals surface area contributed by atoms with Gasteiger partial charge in [-0.05, 0) is 31.5 Å². The Morgan fingerprint density at radius 1 is 1.52 bits per heavy atom. The molecule has 2 heterocycles. The van der Waals surface area contributed by atoms with Gasteiger partial charge >= 0.3 is 5.97 Å². The second-order valence-electron chi connectivity index (χ2n) is 4.92. The molecule has 118 valence electrons. The molecule has 1 atom stereocenters. The van der Waals surface area contributed by atoms with Crippen LogP contribution in [0.15, 0.2) is 12.1 Å². The van der Waals surface area contributed by atoms with Crippen LogP contribution in [0.5, 0.6) is 0 Å². The fraction of sp³-hybridized carbons (Fsp3) is 0.538. The summed E-state index contributed by atoms with van der Waals surface area (Å²) >= 11 is 7.30. The van der Waals surface area contributed by atoms with E-state index in [1.54, 1.807) is 22.9 Å². The first-order valence-electron chi connectivity index (χ1n) is 6.42. The van der Waals surface area contributed by atoms with Crippen molar-refractivity contribution in [3.63, 3.8) is 0 Å². The smallest absolute Gasteiger partial charge is 0.320 e. The fourth-order valence-electron chi connectivity index (χ4n) is 2.35. The van der Waals surface area contributed by atoms with Gasteiger partial charge < -0.3 is 10.0 Å². The number of carboxylic acid groups (broad SMARTS) is 1. The van der Waals surface area contributed by atoms with E-state index in [-0.39, 0.29) is 24.9 Å². The molecule has 1 aliphatic rings. The molecule has 2 rings (SSSR count). The standard InChI is InChI=1S/C13H17ClN2O3S.ClH/c1-15(7-9-4-5-11(14)20-9)12(17)8-16-6-2-3-10(16)13(18)19;/h4-5,10H,2-3,6-8H2,1H3,(H,18,19);1H. The zero-order valence-corrected chi connectivity index (χ0v) is 14.0. The summed E-state index contributed by atoms with van der Waals surface area (Å²) in [6.07, 6.45) is 1.45. The summed E-state index contributed by atoms with van der Waals surface area (Å²) in [5, 5.41) is 9.09. The zero-order chi connectivity index (χ0) is 14.7. The first kappa shape index (κ1) is 18.2. The van der Waals surface area contributed by atoms with Crippen molar-refractivity contribution < 1.29 is 14.7 Å². The molecule has 8 heteroatoms. The molecule has 5 nitrogen and oxygen atoms in total. The van der Waals surface area contributed by atoms with E-state index in [4.69, 9.17) is 16.7 Å². The van der Waals surface area contributed by atoms with Crippen molar-refractivity contribution in [2.45, 2.75) is 25.4 Å². The number of amides is 1. The third-order valence-electron chi connectivity index (χ3n) is 3.43. The highest BCUT2D eigenvalue weighted by atomic mass is 35.5. The summed E-state index contributed by atoms with van der Waals surface area (Å²) in [6.45, 7) is 1.33. The lowest BCUT2D eigenvalue weighted by molar-refractivity contribution is -0.143. The molecule has 1 aromatic rings. The first-order valence-corrected chi connectivity index (χ1v) is 7.62. The van der Waals surface area contributed by atoms with Gasteiger partial charge in [-0.2, -0.15) is 0 Å². The van der Waals surface area contributed by atoms with Crippen molar-refractivity contribution in [2.75, 3.05) is 20.1 Å². The molecule has 0 spiro atoms. The van der Waals surface area contributed by atoms with Gasteiger partial charge in [0.15, 0.2) is 0 Å². The van der Waals surface area contributed by atoms with Crippen LogP contribution in [0.4, 0.5) is 0 Å². The molecule has 1 aromatic heterocycles. The Morgan fingerprint density at radius 3 is 2.81 bits per heavy atom. The molecule has 1 fully saturated rings. The monoisotopic (exact) mass is 352 g/mol. The van der Waals surface area contributed by atoms with Gasteiger partial charge in [-0.25, -0.2) is 0 Å². The van der Waals surface area contributed by atoms with Crippen molar-refractivity contribution in [1.29, 1.82) is 0 Å². The minimum Gasteiger partial charge on any atom is -0.480 e. The van der Waals surface area contributed by atoms with Gasteiger partial charge in [0.1, 0.15) is 6.04 Å². The van der Waals surface area contributed by atoms with E-state index in [2.05, 4.69) is 0 Å². The predicted octanol–water partition coefficient (Wildman–Crippen LogP) is 2.33. The number of nitrogens with zero attached hydrogens (tertiary/aromatic N) is 2. The summed E-state index contributed by atoms with van der Waals surface area (Å²) in [6, 6.07) is 3.18. The van der Waals surface area contributed by atoms with Crippen LogP contribution >= 0.6 is 35.3 Å². The Hall–Kier alpha value is -0.820. The van der Waals surface area contributed by atoms with Crippen LogP contribution in [-0.2, 0) is 16.1 Å². The van der Waals surface area contributed by atoms with E-state index in [1.165, 1.54) is 11.3 Å². The summed E-state index contributed by atoms with van der Waals surface area (Å²) in [4.78, 5) is 27.6. The molecule has 0 bridgehead atoms. The predicted molar refractivity (Wildman–Crippen MR) is 85.3 cm³/mol. The van der Waals surface area contributed by atoms with Crippen LogP contribution in [0.1, 0.15) is 17.7 Å². The molecule has 0 saturated carbocycles. The Morgan fingerprint density at radius 2 is 2.24 bits per heavy atom. The molecule has 0 aromatic carbocycles. The number of hydrogen-bond acceptors (Lipinski definition) is 4. The fourth-order valence-corrected chi connectivity index (χ4v) is 3.49. The molecule has 1 saturated heterocycles. The maximum absolute atomic E-state index is 12.1. The quantitative estimate of drug-likeness (QED) is 0.883. The van der Waals surface area contributed by atoms with Crippen LogP contribution < -0.4 is 0 Å². The van der Waals surface area contributed by atoms with E-state index < -0.39 is 12.0 Å². The molecule has 1 N–H and O–H groups in total. The third kappa shape index (κ3) is 4.85. The molecule has 0 aliphatic carbocycles. The van der Waals surface area contributed by atoms with E-state index in [1.807, 2.05) is 6.07 Å². The van der Waals surface area contributed by atoms with Gasteiger partial charge in [-0.15, -0.1) is 23.7 Å². The summed E-state index contributed by atoms with van der Waals surface area (Å²) < 4.78 is 0.700. The number of rotatable bonds is 5. The number of carbonyl (C=O) groups is 2. The minimum atomic E-state index is -0.844. The largest absolute Gasteiger partial charge is 0.480 e. The van der Waals surface area contributed by atoms with Crippen LogP contribution in [0.2, 0.25) is 4.34 Å². The lowest BCUT2D eigenvalue weighted by atomic mass is 10.2. The molecule has 21 heavy (non-hydrogen) atoms. The van der Waals surface area contributed by atoms with Crippen molar-refractivity contribution in [3.8, 4) is 0 Å². The number of carbonyl (C=O) groups excluding carboxylic acids is 1. The molecule has 1 aliphatic heterocycles. The van der Waals surface area contributed by atoms with E-state index in [0.29, 0.717) is 23.8 Å². The maximum Gasteiger partial charge on any atom is 0.320 e. The number of hydrogen-bond donors (Lipinski definition) is 1. The number of likely N-dealkylation sites (N-methyl/N-ethyl adjacent to an activating group) is 1. The number of halogens is 2. The number of aliphatic carboxylic acids is 1. The number of likely N-dealkylation sites (tertiary alicyclic amines) is 1. The molecular weight excluding hydrogens is 335 g/mol. The zero-order valence-electron chi connectivity index (χ0n) is 11.6. The van der Waals surface area contributed by atoms with Gasteiger partial charge in [0, 0.05) is 11.9 Å². The SMILES string of the molecule is CN(Cc1ccc(Cl)s1)C(=O)CN1CCCC1C(=O)O.Cl. The van der Waals surface area contributed by atoms with Crippen LogP contribution in [0.3, 0.4) is 0 Å². The second kappa shape index (κ2) is 7.98. The summed E-state index contributed by atoms with van der Waals surface area (Å²) in [7, 11) is 1.72. The van der Waals surface area contributed by atoms with Crippen LogP contribution in [0.25, 0.3) is 0 Å². The Kier molecular flexibility index (Phi) is 6.93. The Labute approximate surface area is 138 Å². The van der Waals surface area contributed by atoms with Crippen molar-refractivity contribution in [3.05, 3.63) is 21.3 Å². The molecule has 1 amide bonds. The van der Waals surface area contributed by atoms with Crippen molar-refractivity contribution >= 4 is 47.2 Å². The minimum absolute atomic E-state index is 0. The second-order valence-corrected chi connectivity index (χ2v) is 6.72. The highest BCUT2D eigenvalue weighted by molar-refractivity contribution is 7.16. The van der Waals surface area contributed by atoms with Gasteiger partial charge in [-0.3, -0.25) is 14.5 Å². The normalized spacial score (nSPS) is 18.3.